The predicted molar refractivity (Wildman–Crippen MR) is 102 cm³/mol. The Balaban J connectivity index is 1.82. The molecule has 1 rings (SSSR count). The Bertz CT molecular complexity index is 322. The van der Waals surface area contributed by atoms with E-state index >= 15 is 0 Å². The van der Waals surface area contributed by atoms with E-state index in [0.717, 1.165) is 44.9 Å². The Morgan fingerprint density at radius 1 is 0.958 bits per heavy atom. The summed E-state index contributed by atoms with van der Waals surface area (Å²) in [5, 5.41) is 0. The Labute approximate surface area is 150 Å². The third-order valence-corrected chi connectivity index (χ3v) is 4.72. The molecule has 1 heterocycles. The van der Waals surface area contributed by atoms with Gasteiger partial charge in [0.05, 0.1) is 6.10 Å². The lowest BCUT2D eigenvalue weighted by Gasteiger charge is -2.40. The number of ketones is 1. The van der Waals surface area contributed by atoms with Crippen LogP contribution in [0.5, 0.6) is 0 Å². The van der Waals surface area contributed by atoms with Crippen molar-refractivity contribution in [3.05, 3.63) is 0 Å². The molecule has 0 aliphatic carbocycles. The highest BCUT2D eigenvalue weighted by atomic mass is 16.5. The van der Waals surface area contributed by atoms with E-state index in [4.69, 9.17) is 4.74 Å². The van der Waals surface area contributed by atoms with Crippen molar-refractivity contribution < 1.29 is 9.53 Å². The maximum atomic E-state index is 12.0. The first-order valence-electron chi connectivity index (χ1n) is 10.3. The summed E-state index contributed by atoms with van der Waals surface area (Å²) in [4.78, 5) is 14.5. The van der Waals surface area contributed by atoms with Gasteiger partial charge in [-0.1, -0.05) is 46.0 Å². The first-order valence-corrected chi connectivity index (χ1v) is 10.3. The van der Waals surface area contributed by atoms with Crippen LogP contribution in [0, 0.1) is 11.8 Å². The van der Waals surface area contributed by atoms with Crippen LogP contribution in [0.15, 0.2) is 0 Å². The molecule has 0 amide bonds. The zero-order valence-electron chi connectivity index (χ0n) is 16.7. The maximum absolute atomic E-state index is 12.0. The number of carbonyl (C=O) groups is 1. The molecular formula is C21H41NO2. The molecule has 0 aromatic rings. The number of hydrogen-bond acceptors (Lipinski definition) is 3. The van der Waals surface area contributed by atoms with Crippen LogP contribution >= 0.6 is 0 Å². The minimum Gasteiger partial charge on any atom is -0.379 e. The lowest BCUT2D eigenvalue weighted by molar-refractivity contribution is -0.121. The van der Waals surface area contributed by atoms with E-state index in [1.807, 2.05) is 0 Å². The van der Waals surface area contributed by atoms with Crippen molar-refractivity contribution in [2.75, 3.05) is 26.2 Å². The minimum absolute atomic E-state index is 0.362. The van der Waals surface area contributed by atoms with Crippen molar-refractivity contribution in [3.63, 3.8) is 0 Å². The van der Waals surface area contributed by atoms with Gasteiger partial charge >= 0.3 is 0 Å². The Morgan fingerprint density at radius 2 is 1.54 bits per heavy atom. The van der Waals surface area contributed by atoms with Crippen LogP contribution < -0.4 is 0 Å². The average Bonchev–Trinajstić information content (AvgIpc) is 2.46. The first-order chi connectivity index (χ1) is 11.5. The van der Waals surface area contributed by atoms with Crippen LogP contribution in [0.3, 0.4) is 0 Å². The summed E-state index contributed by atoms with van der Waals surface area (Å²) in [5.74, 6) is 1.88. The van der Waals surface area contributed by atoms with Crippen LogP contribution in [0.1, 0.15) is 85.5 Å². The fraction of sp³-hybridized carbons (Fsp3) is 0.952. The van der Waals surface area contributed by atoms with E-state index in [0.29, 0.717) is 17.8 Å². The average molecular weight is 340 g/mol. The van der Waals surface area contributed by atoms with Crippen LogP contribution in [-0.4, -0.2) is 43.0 Å². The molecule has 0 N–H and O–H groups in total. The van der Waals surface area contributed by atoms with E-state index < -0.39 is 0 Å². The van der Waals surface area contributed by atoms with E-state index in [9.17, 15) is 4.79 Å². The molecule has 142 valence electrons. The van der Waals surface area contributed by atoms with Crippen LogP contribution in [0.2, 0.25) is 0 Å². The number of ether oxygens (including phenoxy) is 1. The van der Waals surface area contributed by atoms with E-state index in [1.54, 1.807) is 0 Å². The molecule has 1 saturated heterocycles. The molecule has 1 aliphatic heterocycles. The third-order valence-electron chi connectivity index (χ3n) is 4.72. The molecule has 0 spiro atoms. The van der Waals surface area contributed by atoms with Crippen molar-refractivity contribution in [3.8, 4) is 0 Å². The predicted octanol–water partition coefficient (Wildman–Crippen LogP) is 5.08. The van der Waals surface area contributed by atoms with E-state index in [2.05, 4.69) is 32.6 Å². The fourth-order valence-corrected chi connectivity index (χ4v) is 3.52. The topological polar surface area (TPSA) is 29.5 Å². The van der Waals surface area contributed by atoms with Gasteiger partial charge in [0.15, 0.2) is 0 Å². The van der Waals surface area contributed by atoms with Gasteiger partial charge in [-0.15, -0.1) is 0 Å². The molecular weight excluding hydrogens is 298 g/mol. The number of carbonyl (C=O) groups excluding carboxylic acids is 1. The van der Waals surface area contributed by atoms with Gasteiger partial charge in [-0.05, 0) is 38.5 Å². The molecule has 24 heavy (non-hydrogen) atoms. The van der Waals surface area contributed by atoms with Gasteiger partial charge in [0.25, 0.3) is 0 Å². The van der Waals surface area contributed by atoms with Crippen molar-refractivity contribution in [2.45, 2.75) is 91.6 Å². The molecule has 1 aliphatic rings. The summed E-state index contributed by atoms with van der Waals surface area (Å²) < 4.78 is 5.54. The summed E-state index contributed by atoms with van der Waals surface area (Å²) in [7, 11) is 0. The molecule has 3 nitrogen and oxygen atoms in total. The van der Waals surface area contributed by atoms with Gasteiger partial charge in [-0.25, -0.2) is 0 Å². The zero-order chi connectivity index (χ0) is 17.8. The van der Waals surface area contributed by atoms with Crippen LogP contribution in [0.4, 0.5) is 0 Å². The first kappa shape index (κ1) is 21.6. The highest BCUT2D eigenvalue weighted by molar-refractivity contribution is 5.78. The lowest BCUT2D eigenvalue weighted by atomic mass is 9.91. The van der Waals surface area contributed by atoms with Crippen LogP contribution in [-0.2, 0) is 9.53 Å². The molecule has 1 fully saturated rings. The van der Waals surface area contributed by atoms with E-state index in [-0.39, 0.29) is 0 Å². The van der Waals surface area contributed by atoms with Crippen molar-refractivity contribution in [1.82, 2.24) is 4.90 Å². The highest BCUT2D eigenvalue weighted by Gasteiger charge is 2.28. The van der Waals surface area contributed by atoms with Crippen molar-refractivity contribution >= 4 is 5.78 Å². The molecule has 0 atom stereocenters. The van der Waals surface area contributed by atoms with E-state index in [1.165, 1.54) is 45.1 Å². The number of Topliss-reactive ketones (excluding diaryl/α,β-unsaturated/α-hetero) is 1. The van der Waals surface area contributed by atoms with Gasteiger partial charge in [0, 0.05) is 39.1 Å². The minimum atomic E-state index is 0.362. The number of rotatable bonds is 15. The molecule has 0 aromatic heterocycles. The number of unbranched alkanes of at least 4 members (excludes halogenated alkanes) is 6. The summed E-state index contributed by atoms with van der Waals surface area (Å²) in [6.45, 7) is 13.1. The van der Waals surface area contributed by atoms with Crippen molar-refractivity contribution in [1.29, 1.82) is 0 Å². The zero-order valence-corrected chi connectivity index (χ0v) is 16.7. The number of hydrogen-bond donors (Lipinski definition) is 0. The standard InChI is InChI=1S/C21H41NO2/c1-18(2)15-22-16-20(17-22)14-21(23)12-10-8-6-5-7-9-11-13-24-19(3)4/h18-20H,5-17H2,1-4H3. The fourth-order valence-electron chi connectivity index (χ4n) is 3.52. The molecule has 0 radical (unpaired) electrons. The maximum Gasteiger partial charge on any atom is 0.133 e. The Morgan fingerprint density at radius 3 is 2.12 bits per heavy atom. The summed E-state index contributed by atoms with van der Waals surface area (Å²) in [6, 6.07) is 0. The van der Waals surface area contributed by atoms with Crippen molar-refractivity contribution in [2.24, 2.45) is 11.8 Å². The third kappa shape index (κ3) is 11.2. The second kappa shape index (κ2) is 12.9. The number of likely N-dealkylation sites (tertiary alicyclic amines) is 1. The Hall–Kier alpha value is -0.410. The quantitative estimate of drug-likeness (QED) is 0.390. The second-order valence-corrected chi connectivity index (χ2v) is 8.37. The van der Waals surface area contributed by atoms with Gasteiger partial charge in [0.1, 0.15) is 5.78 Å². The molecule has 0 unspecified atom stereocenters. The normalized spacial score (nSPS) is 16.1. The summed E-state index contributed by atoms with van der Waals surface area (Å²) >= 11 is 0. The van der Waals surface area contributed by atoms with Crippen LogP contribution in [0.25, 0.3) is 0 Å². The van der Waals surface area contributed by atoms with Gasteiger partial charge in [-0.3, -0.25) is 4.79 Å². The summed E-state index contributed by atoms with van der Waals surface area (Å²) in [5.41, 5.74) is 0. The SMILES string of the molecule is CC(C)CN1CC(CC(=O)CCCCCCCCCOC(C)C)C1. The molecule has 0 saturated carbocycles. The molecule has 3 heteroatoms. The molecule has 0 aromatic carbocycles. The van der Waals surface area contributed by atoms with Gasteiger partial charge in [-0.2, -0.15) is 0 Å². The largest absolute Gasteiger partial charge is 0.379 e. The smallest absolute Gasteiger partial charge is 0.133 e. The molecule has 0 bridgehead atoms. The van der Waals surface area contributed by atoms with Gasteiger partial charge < -0.3 is 9.64 Å². The second-order valence-electron chi connectivity index (χ2n) is 8.37. The number of nitrogens with zero attached hydrogens (tertiary/aromatic N) is 1. The highest BCUT2D eigenvalue weighted by Crippen LogP contribution is 2.21. The monoisotopic (exact) mass is 339 g/mol. The lowest BCUT2D eigenvalue weighted by Crippen LogP contribution is -2.48. The summed E-state index contributed by atoms with van der Waals surface area (Å²) in [6.07, 6.45) is 10.7. The van der Waals surface area contributed by atoms with Gasteiger partial charge in [0.2, 0.25) is 0 Å². The Kier molecular flexibility index (Phi) is 11.6.